The number of rotatable bonds is 1. The van der Waals surface area contributed by atoms with Gasteiger partial charge in [0, 0.05) is 0 Å². The molecule has 0 heterocycles. The predicted octanol–water partition coefficient (Wildman–Crippen LogP) is 1.77. The summed E-state index contributed by atoms with van der Waals surface area (Å²) in [5, 5.41) is 0. The Labute approximate surface area is 64.0 Å². The van der Waals surface area contributed by atoms with Crippen LogP contribution in [0, 0.1) is 18.8 Å². The molecule has 1 aliphatic carbocycles. The number of hydrogen-bond acceptors (Lipinski definition) is 1. The van der Waals surface area contributed by atoms with Crippen molar-refractivity contribution in [1.82, 2.24) is 0 Å². The van der Waals surface area contributed by atoms with Crippen LogP contribution in [0.25, 0.3) is 0 Å². The molecule has 0 aromatic rings. The third-order valence-corrected chi connectivity index (χ3v) is 2.06. The third-order valence-electron chi connectivity index (χ3n) is 2.06. The van der Waals surface area contributed by atoms with E-state index in [4.69, 9.17) is 5.73 Å². The van der Waals surface area contributed by atoms with E-state index in [0.29, 0.717) is 0 Å². The van der Waals surface area contributed by atoms with Crippen molar-refractivity contribution in [3.8, 4) is 12.8 Å². The Morgan fingerprint density at radius 1 is 1.10 bits per heavy atom. The van der Waals surface area contributed by atoms with Gasteiger partial charge in [0.05, 0.1) is 0 Å². The van der Waals surface area contributed by atoms with Crippen molar-refractivity contribution in [2.45, 2.75) is 32.1 Å². The van der Waals surface area contributed by atoms with Crippen LogP contribution in [0.4, 0.5) is 0 Å². The van der Waals surface area contributed by atoms with Crippen LogP contribution in [0.2, 0.25) is 0 Å². The molecule has 0 aliphatic heterocycles. The maximum Gasteiger partial charge on any atom is -0.00489 e. The first-order chi connectivity index (χ1) is 4.93. The first-order valence-corrected chi connectivity index (χ1v) is 3.97. The summed E-state index contributed by atoms with van der Waals surface area (Å²) >= 11 is 0. The Hall–Kier alpha value is -0.480. The molecular formula is C9H17N. The molecular weight excluding hydrogens is 122 g/mol. The highest BCUT2D eigenvalue weighted by molar-refractivity contribution is 4.65. The van der Waals surface area contributed by atoms with E-state index in [9.17, 15) is 0 Å². The fourth-order valence-corrected chi connectivity index (χ4v) is 1.42. The van der Waals surface area contributed by atoms with E-state index in [1.54, 1.807) is 0 Å². The Kier molecular flexibility index (Phi) is 6.32. The third kappa shape index (κ3) is 3.53. The fourth-order valence-electron chi connectivity index (χ4n) is 1.42. The molecule has 0 aromatic heterocycles. The van der Waals surface area contributed by atoms with Gasteiger partial charge in [-0.25, -0.2) is 0 Å². The van der Waals surface area contributed by atoms with Gasteiger partial charge in [0.25, 0.3) is 0 Å². The lowest BCUT2D eigenvalue weighted by atomic mass is 9.90. The second-order valence-corrected chi connectivity index (χ2v) is 2.74. The van der Waals surface area contributed by atoms with Gasteiger partial charge in [-0.3, -0.25) is 0 Å². The number of hydrogen-bond donors (Lipinski definition) is 1. The van der Waals surface area contributed by atoms with Crippen LogP contribution in [-0.4, -0.2) is 6.54 Å². The van der Waals surface area contributed by atoms with Gasteiger partial charge < -0.3 is 5.73 Å². The average Bonchev–Trinajstić information content (AvgIpc) is 2.10. The normalized spacial score (nSPS) is 19.1. The van der Waals surface area contributed by atoms with Gasteiger partial charge in [0.2, 0.25) is 0 Å². The molecule has 1 nitrogen and oxygen atoms in total. The zero-order valence-electron chi connectivity index (χ0n) is 6.55. The summed E-state index contributed by atoms with van der Waals surface area (Å²) < 4.78 is 0. The largest absolute Gasteiger partial charge is 0.330 e. The molecule has 0 spiro atoms. The van der Waals surface area contributed by atoms with Gasteiger partial charge in [-0.15, -0.1) is 12.8 Å². The van der Waals surface area contributed by atoms with Gasteiger partial charge in [-0.2, -0.15) is 0 Å². The van der Waals surface area contributed by atoms with Crippen molar-refractivity contribution >= 4 is 0 Å². The summed E-state index contributed by atoms with van der Waals surface area (Å²) in [5.74, 6) is 0.865. The summed E-state index contributed by atoms with van der Waals surface area (Å²) in [6.07, 6.45) is 15.0. The highest BCUT2D eigenvalue weighted by atomic mass is 14.5. The van der Waals surface area contributed by atoms with E-state index in [1.807, 2.05) is 0 Å². The van der Waals surface area contributed by atoms with Crippen molar-refractivity contribution in [3.05, 3.63) is 0 Å². The van der Waals surface area contributed by atoms with E-state index >= 15 is 0 Å². The molecule has 0 atom stereocenters. The van der Waals surface area contributed by atoms with Gasteiger partial charge in [0.1, 0.15) is 0 Å². The van der Waals surface area contributed by atoms with Crippen molar-refractivity contribution in [2.75, 3.05) is 6.54 Å². The molecule has 1 saturated carbocycles. The van der Waals surface area contributed by atoms with Crippen molar-refractivity contribution < 1.29 is 0 Å². The fraction of sp³-hybridized carbons (Fsp3) is 0.778. The quantitative estimate of drug-likeness (QED) is 0.550. The lowest BCUT2D eigenvalue weighted by Crippen LogP contribution is -2.16. The monoisotopic (exact) mass is 139 g/mol. The Balaban J connectivity index is 0.000000371. The molecule has 0 radical (unpaired) electrons. The van der Waals surface area contributed by atoms with Crippen molar-refractivity contribution in [3.63, 3.8) is 0 Å². The lowest BCUT2D eigenvalue weighted by Gasteiger charge is -2.18. The highest BCUT2D eigenvalue weighted by Gasteiger charge is 2.09. The van der Waals surface area contributed by atoms with E-state index in [1.165, 1.54) is 32.1 Å². The Bertz CT molecular complexity index is 80.0. The SMILES string of the molecule is C#C.NCC1CCCCC1. The molecule has 0 saturated heterocycles. The maximum absolute atomic E-state index is 5.50. The zero-order valence-corrected chi connectivity index (χ0v) is 6.55. The first-order valence-electron chi connectivity index (χ1n) is 3.97. The van der Waals surface area contributed by atoms with Crippen LogP contribution >= 0.6 is 0 Å². The van der Waals surface area contributed by atoms with Gasteiger partial charge in [0.15, 0.2) is 0 Å². The number of terminal acetylenes is 1. The predicted molar refractivity (Wildman–Crippen MR) is 45.5 cm³/mol. The average molecular weight is 139 g/mol. The molecule has 1 fully saturated rings. The second-order valence-electron chi connectivity index (χ2n) is 2.74. The first kappa shape index (κ1) is 9.52. The van der Waals surface area contributed by atoms with E-state index in [-0.39, 0.29) is 0 Å². The Morgan fingerprint density at radius 2 is 1.60 bits per heavy atom. The van der Waals surface area contributed by atoms with Crippen LogP contribution in [0.1, 0.15) is 32.1 Å². The van der Waals surface area contributed by atoms with Gasteiger partial charge >= 0.3 is 0 Å². The molecule has 0 aromatic carbocycles. The van der Waals surface area contributed by atoms with Crippen LogP contribution in [0.3, 0.4) is 0 Å². The maximum atomic E-state index is 5.50. The zero-order chi connectivity index (χ0) is 7.82. The topological polar surface area (TPSA) is 26.0 Å². The second kappa shape index (κ2) is 6.64. The molecule has 1 rings (SSSR count). The van der Waals surface area contributed by atoms with Crippen molar-refractivity contribution in [1.29, 1.82) is 0 Å². The molecule has 1 heteroatoms. The van der Waals surface area contributed by atoms with Gasteiger partial charge in [-0.1, -0.05) is 19.3 Å². The summed E-state index contributed by atoms with van der Waals surface area (Å²) in [7, 11) is 0. The minimum atomic E-state index is 0.865. The molecule has 1 aliphatic rings. The summed E-state index contributed by atoms with van der Waals surface area (Å²) in [4.78, 5) is 0. The van der Waals surface area contributed by atoms with Crippen LogP contribution in [-0.2, 0) is 0 Å². The minimum absolute atomic E-state index is 0.865. The standard InChI is InChI=1S/C7H15N.C2H2/c8-6-7-4-2-1-3-5-7;1-2/h7H,1-6,8H2;1-2H. The molecule has 58 valence electrons. The summed E-state index contributed by atoms with van der Waals surface area (Å²) in [6.45, 7) is 0.917. The van der Waals surface area contributed by atoms with E-state index in [2.05, 4.69) is 12.8 Å². The smallest absolute Gasteiger partial charge is 0.00489 e. The number of nitrogens with two attached hydrogens (primary N) is 1. The van der Waals surface area contributed by atoms with Crippen LogP contribution in [0.15, 0.2) is 0 Å². The molecule has 0 bridgehead atoms. The van der Waals surface area contributed by atoms with Crippen LogP contribution < -0.4 is 5.73 Å². The highest BCUT2D eigenvalue weighted by Crippen LogP contribution is 2.21. The summed E-state index contributed by atoms with van der Waals surface area (Å²) in [6, 6.07) is 0. The van der Waals surface area contributed by atoms with E-state index in [0.717, 1.165) is 12.5 Å². The lowest BCUT2D eigenvalue weighted by molar-refractivity contribution is 0.366. The summed E-state index contributed by atoms with van der Waals surface area (Å²) in [5.41, 5.74) is 5.50. The Morgan fingerprint density at radius 3 is 1.90 bits per heavy atom. The van der Waals surface area contributed by atoms with Crippen molar-refractivity contribution in [2.24, 2.45) is 11.7 Å². The molecule has 10 heavy (non-hydrogen) atoms. The minimum Gasteiger partial charge on any atom is -0.330 e. The van der Waals surface area contributed by atoms with Gasteiger partial charge in [-0.05, 0) is 25.3 Å². The molecule has 0 amide bonds. The molecule has 0 unspecified atom stereocenters. The molecule has 2 N–H and O–H groups in total. The van der Waals surface area contributed by atoms with E-state index < -0.39 is 0 Å². The van der Waals surface area contributed by atoms with Crippen LogP contribution in [0.5, 0.6) is 0 Å².